The average molecular weight is 226 g/mol. The van der Waals surface area contributed by atoms with Crippen LogP contribution in [-0.2, 0) is 5.60 Å². The summed E-state index contributed by atoms with van der Waals surface area (Å²) in [7, 11) is 0. The number of aliphatic hydroxyl groups is 1. The number of halogens is 2. The van der Waals surface area contributed by atoms with Crippen molar-refractivity contribution in [3.05, 3.63) is 35.4 Å². The number of rotatable bonds is 1. The highest BCUT2D eigenvalue weighted by Crippen LogP contribution is 2.41. The molecule has 0 amide bonds. The highest BCUT2D eigenvalue weighted by Gasteiger charge is 2.38. The van der Waals surface area contributed by atoms with Crippen LogP contribution < -0.4 is 0 Å². The van der Waals surface area contributed by atoms with Gasteiger partial charge < -0.3 is 5.11 Å². The Hall–Kier alpha value is -0.960. The molecule has 0 saturated heterocycles. The smallest absolute Gasteiger partial charge is 0.132 e. The van der Waals surface area contributed by atoms with E-state index in [1.165, 1.54) is 18.2 Å². The number of benzene rings is 1. The predicted octanol–water partition coefficient (Wildman–Crippen LogP) is 3.36. The standard InChI is InChI=1S/C13H16F2O/c1-9-4-3-7-13(16,8-9)12-10(14)5-2-6-11(12)15/h2,5-6,9,16H,3-4,7-8H2,1H3. The van der Waals surface area contributed by atoms with Gasteiger partial charge >= 0.3 is 0 Å². The first-order chi connectivity index (χ1) is 7.53. The van der Waals surface area contributed by atoms with E-state index in [1.54, 1.807) is 0 Å². The summed E-state index contributed by atoms with van der Waals surface area (Å²) < 4.78 is 27.2. The molecule has 2 rings (SSSR count). The van der Waals surface area contributed by atoms with E-state index in [0.717, 1.165) is 12.8 Å². The quantitative estimate of drug-likeness (QED) is 0.778. The molecule has 0 heterocycles. The second-order valence-electron chi connectivity index (χ2n) is 4.83. The van der Waals surface area contributed by atoms with E-state index < -0.39 is 17.2 Å². The summed E-state index contributed by atoms with van der Waals surface area (Å²) in [6.07, 6.45) is 2.70. The van der Waals surface area contributed by atoms with Gasteiger partial charge in [-0.05, 0) is 37.3 Å². The van der Waals surface area contributed by atoms with Gasteiger partial charge in [-0.1, -0.05) is 19.4 Å². The highest BCUT2D eigenvalue weighted by atomic mass is 19.1. The van der Waals surface area contributed by atoms with Crippen molar-refractivity contribution in [2.75, 3.05) is 0 Å². The molecule has 0 bridgehead atoms. The normalized spacial score (nSPS) is 30.4. The van der Waals surface area contributed by atoms with Gasteiger partial charge in [-0.25, -0.2) is 8.78 Å². The molecule has 16 heavy (non-hydrogen) atoms. The van der Waals surface area contributed by atoms with Crippen LogP contribution in [0.1, 0.15) is 38.2 Å². The molecule has 1 aromatic rings. The van der Waals surface area contributed by atoms with Crippen LogP contribution in [0.5, 0.6) is 0 Å². The molecule has 3 heteroatoms. The van der Waals surface area contributed by atoms with Gasteiger partial charge in [0, 0.05) is 0 Å². The molecular weight excluding hydrogens is 210 g/mol. The van der Waals surface area contributed by atoms with Crippen molar-refractivity contribution in [3.63, 3.8) is 0 Å². The zero-order valence-corrected chi connectivity index (χ0v) is 9.34. The topological polar surface area (TPSA) is 20.2 Å². The molecule has 1 aromatic carbocycles. The van der Waals surface area contributed by atoms with E-state index in [0.29, 0.717) is 18.8 Å². The minimum Gasteiger partial charge on any atom is -0.385 e. The van der Waals surface area contributed by atoms with Crippen molar-refractivity contribution in [2.45, 2.75) is 38.2 Å². The summed E-state index contributed by atoms with van der Waals surface area (Å²) in [5, 5.41) is 10.4. The van der Waals surface area contributed by atoms with Gasteiger partial charge in [-0.15, -0.1) is 0 Å². The Morgan fingerprint density at radius 3 is 2.50 bits per heavy atom. The summed E-state index contributed by atoms with van der Waals surface area (Å²) >= 11 is 0. The Morgan fingerprint density at radius 2 is 1.94 bits per heavy atom. The third-order valence-electron chi connectivity index (χ3n) is 3.40. The van der Waals surface area contributed by atoms with E-state index >= 15 is 0 Å². The lowest BCUT2D eigenvalue weighted by atomic mass is 9.75. The van der Waals surface area contributed by atoms with Gasteiger partial charge in [0.15, 0.2) is 0 Å². The van der Waals surface area contributed by atoms with Gasteiger partial charge in [0.05, 0.1) is 11.2 Å². The van der Waals surface area contributed by atoms with Crippen molar-refractivity contribution >= 4 is 0 Å². The van der Waals surface area contributed by atoms with Gasteiger partial charge in [0.25, 0.3) is 0 Å². The predicted molar refractivity (Wildman–Crippen MR) is 57.9 cm³/mol. The molecule has 88 valence electrons. The van der Waals surface area contributed by atoms with Gasteiger partial charge in [0.2, 0.25) is 0 Å². The van der Waals surface area contributed by atoms with E-state index in [9.17, 15) is 13.9 Å². The maximum absolute atomic E-state index is 13.6. The Labute approximate surface area is 94.1 Å². The first-order valence-corrected chi connectivity index (χ1v) is 5.70. The van der Waals surface area contributed by atoms with Crippen LogP contribution >= 0.6 is 0 Å². The molecule has 2 atom stereocenters. The Balaban J connectivity index is 2.42. The van der Waals surface area contributed by atoms with Crippen molar-refractivity contribution in [1.82, 2.24) is 0 Å². The van der Waals surface area contributed by atoms with Crippen LogP contribution in [0.15, 0.2) is 18.2 Å². The van der Waals surface area contributed by atoms with E-state index in [2.05, 4.69) is 0 Å². The fourth-order valence-electron chi connectivity index (χ4n) is 2.69. The summed E-state index contributed by atoms with van der Waals surface area (Å²) in [4.78, 5) is 0. The van der Waals surface area contributed by atoms with E-state index in [4.69, 9.17) is 0 Å². The molecular formula is C13H16F2O. The lowest BCUT2D eigenvalue weighted by Crippen LogP contribution is -2.33. The van der Waals surface area contributed by atoms with Crippen LogP contribution in [0.4, 0.5) is 8.78 Å². The Morgan fingerprint density at radius 1 is 1.31 bits per heavy atom. The first-order valence-electron chi connectivity index (χ1n) is 5.70. The van der Waals surface area contributed by atoms with Gasteiger partial charge in [0.1, 0.15) is 11.6 Å². The summed E-state index contributed by atoms with van der Waals surface area (Å²) in [6.45, 7) is 2.00. The minimum absolute atomic E-state index is 0.151. The van der Waals surface area contributed by atoms with Crippen LogP contribution in [0.25, 0.3) is 0 Å². The molecule has 0 aliphatic heterocycles. The van der Waals surface area contributed by atoms with Crippen LogP contribution in [0, 0.1) is 17.6 Å². The fraction of sp³-hybridized carbons (Fsp3) is 0.538. The molecule has 1 nitrogen and oxygen atoms in total. The summed E-state index contributed by atoms with van der Waals surface area (Å²) in [6, 6.07) is 3.73. The molecule has 1 saturated carbocycles. The summed E-state index contributed by atoms with van der Waals surface area (Å²) in [5.74, 6) is -0.981. The SMILES string of the molecule is CC1CCCC(O)(c2c(F)cccc2F)C1. The lowest BCUT2D eigenvalue weighted by Gasteiger charge is -2.36. The van der Waals surface area contributed by atoms with E-state index in [-0.39, 0.29) is 5.56 Å². The highest BCUT2D eigenvalue weighted by molar-refractivity contribution is 5.26. The minimum atomic E-state index is -1.33. The molecule has 1 N–H and O–H groups in total. The maximum Gasteiger partial charge on any atom is 0.132 e. The fourth-order valence-corrected chi connectivity index (χ4v) is 2.69. The second kappa shape index (κ2) is 4.13. The Kier molecular flexibility index (Phi) is 2.98. The third-order valence-corrected chi connectivity index (χ3v) is 3.40. The first kappa shape index (κ1) is 11.5. The molecule has 1 aliphatic rings. The van der Waals surface area contributed by atoms with Crippen molar-refractivity contribution in [3.8, 4) is 0 Å². The second-order valence-corrected chi connectivity index (χ2v) is 4.83. The average Bonchev–Trinajstić information content (AvgIpc) is 2.16. The van der Waals surface area contributed by atoms with Crippen LogP contribution in [0.3, 0.4) is 0 Å². The van der Waals surface area contributed by atoms with Gasteiger partial charge in [-0.3, -0.25) is 0 Å². The maximum atomic E-state index is 13.6. The monoisotopic (exact) mass is 226 g/mol. The largest absolute Gasteiger partial charge is 0.385 e. The zero-order chi connectivity index (χ0) is 11.8. The molecule has 0 radical (unpaired) electrons. The summed E-state index contributed by atoms with van der Waals surface area (Å²) in [5.41, 5.74) is -1.48. The van der Waals surface area contributed by atoms with Gasteiger partial charge in [-0.2, -0.15) is 0 Å². The van der Waals surface area contributed by atoms with Crippen LogP contribution in [0.2, 0.25) is 0 Å². The van der Waals surface area contributed by atoms with Crippen molar-refractivity contribution < 1.29 is 13.9 Å². The molecule has 0 spiro atoms. The number of hydrogen-bond acceptors (Lipinski definition) is 1. The number of hydrogen-bond donors (Lipinski definition) is 1. The molecule has 1 aliphatic carbocycles. The molecule has 2 unspecified atom stereocenters. The molecule has 0 aromatic heterocycles. The zero-order valence-electron chi connectivity index (χ0n) is 9.34. The van der Waals surface area contributed by atoms with Crippen molar-refractivity contribution in [1.29, 1.82) is 0 Å². The third kappa shape index (κ3) is 1.96. The van der Waals surface area contributed by atoms with Crippen molar-refractivity contribution in [2.24, 2.45) is 5.92 Å². The Bertz CT molecular complexity index is 371. The van der Waals surface area contributed by atoms with Crippen LogP contribution in [-0.4, -0.2) is 5.11 Å². The lowest BCUT2D eigenvalue weighted by molar-refractivity contribution is -0.0237. The molecule has 1 fully saturated rings. The van der Waals surface area contributed by atoms with E-state index in [1.807, 2.05) is 6.92 Å².